The third-order valence-electron chi connectivity index (χ3n) is 2.90. The van der Waals surface area contributed by atoms with Crippen molar-refractivity contribution in [1.29, 1.82) is 0 Å². The van der Waals surface area contributed by atoms with E-state index in [9.17, 15) is 4.79 Å². The van der Waals surface area contributed by atoms with Crippen LogP contribution < -0.4 is 11.3 Å². The molecule has 0 unspecified atom stereocenters. The zero-order chi connectivity index (χ0) is 15.6. The first-order valence-electron chi connectivity index (χ1n) is 7.11. The third kappa shape index (κ3) is 3.48. The first kappa shape index (κ1) is 15.2. The van der Waals surface area contributed by atoms with E-state index in [1.807, 2.05) is 65.0 Å². The smallest absolute Gasteiger partial charge is 0.259 e. The number of benzene rings is 1. The molecule has 112 valence electrons. The lowest BCUT2D eigenvalue weighted by Crippen LogP contribution is -2.43. The highest BCUT2D eigenvalue weighted by atomic mass is 16.1. The van der Waals surface area contributed by atoms with Crippen LogP contribution in [-0.4, -0.2) is 19.7 Å². The Morgan fingerprint density at radius 2 is 1.76 bits per heavy atom. The Morgan fingerprint density at radius 3 is 2.29 bits per heavy atom. The molecule has 0 aliphatic rings. The summed E-state index contributed by atoms with van der Waals surface area (Å²) in [6, 6.07) is 9.47. The van der Waals surface area contributed by atoms with E-state index in [1.54, 1.807) is 15.5 Å². The van der Waals surface area contributed by atoms with E-state index in [1.165, 1.54) is 0 Å². The summed E-state index contributed by atoms with van der Waals surface area (Å²) in [5.74, 6) is 0. The molecule has 0 atom stereocenters. The van der Waals surface area contributed by atoms with Crippen molar-refractivity contribution >= 4 is 0 Å². The maximum atomic E-state index is 12.7. The molecule has 5 heteroatoms. The molecule has 0 saturated carbocycles. The van der Waals surface area contributed by atoms with Crippen molar-refractivity contribution in [3.05, 3.63) is 52.8 Å². The minimum absolute atomic E-state index is 0.0118. The van der Waals surface area contributed by atoms with Gasteiger partial charge in [-0.3, -0.25) is 9.13 Å². The van der Waals surface area contributed by atoms with Crippen molar-refractivity contribution < 1.29 is 0 Å². The van der Waals surface area contributed by atoms with E-state index < -0.39 is 0 Å². The maximum Gasteiger partial charge on any atom is 0.336 e. The van der Waals surface area contributed by atoms with Gasteiger partial charge in [-0.25, -0.2) is 14.8 Å². The Labute approximate surface area is 124 Å². The fraction of sp³-hybridized carbons (Fsp3) is 0.438. The summed E-state index contributed by atoms with van der Waals surface area (Å²) < 4.78 is 3.17. The summed E-state index contributed by atoms with van der Waals surface area (Å²) in [4.78, 5) is 21.7. The summed E-state index contributed by atoms with van der Waals surface area (Å²) in [7, 11) is 0. The fourth-order valence-corrected chi connectivity index (χ4v) is 2.02. The molecule has 1 aromatic carbocycles. The topological polar surface area (TPSA) is 52.2 Å². The van der Waals surface area contributed by atoms with E-state index in [0.717, 1.165) is 5.69 Å². The quantitative estimate of drug-likeness (QED) is 0.850. The predicted molar refractivity (Wildman–Crippen MR) is 83.5 cm³/mol. The first-order chi connectivity index (χ1) is 9.79. The SMILES string of the molecule is CC(C)n1c(=NC(C)(C)C)ncn(-c2ccccc2)c1=O. The summed E-state index contributed by atoms with van der Waals surface area (Å²) in [6.07, 6.45) is 1.54. The molecule has 1 aromatic heterocycles. The summed E-state index contributed by atoms with van der Waals surface area (Å²) in [6.45, 7) is 9.88. The number of para-hydroxylation sites is 1. The van der Waals surface area contributed by atoms with Crippen LogP contribution in [0.5, 0.6) is 0 Å². The number of hydrogen-bond acceptors (Lipinski definition) is 3. The number of rotatable bonds is 2. The van der Waals surface area contributed by atoms with Crippen molar-refractivity contribution in [3.8, 4) is 5.69 Å². The molecule has 0 spiro atoms. The van der Waals surface area contributed by atoms with Gasteiger partial charge in [-0.1, -0.05) is 18.2 Å². The van der Waals surface area contributed by atoms with Gasteiger partial charge in [-0.05, 0) is 46.8 Å². The van der Waals surface area contributed by atoms with Gasteiger partial charge in [0, 0.05) is 6.04 Å². The van der Waals surface area contributed by atoms with Crippen LogP contribution in [0.2, 0.25) is 0 Å². The van der Waals surface area contributed by atoms with Gasteiger partial charge in [0.1, 0.15) is 6.33 Å². The van der Waals surface area contributed by atoms with E-state index in [4.69, 9.17) is 0 Å². The number of aromatic nitrogens is 3. The molecule has 0 fully saturated rings. The Kier molecular flexibility index (Phi) is 4.11. The zero-order valence-electron chi connectivity index (χ0n) is 13.2. The van der Waals surface area contributed by atoms with Gasteiger partial charge < -0.3 is 0 Å². The molecule has 0 aliphatic carbocycles. The summed E-state index contributed by atoms with van der Waals surface area (Å²) in [5.41, 5.74) is 0.852. The first-order valence-corrected chi connectivity index (χ1v) is 7.11. The van der Waals surface area contributed by atoms with Gasteiger partial charge >= 0.3 is 5.69 Å². The second-order valence-corrected chi connectivity index (χ2v) is 6.28. The monoisotopic (exact) mass is 286 g/mol. The van der Waals surface area contributed by atoms with E-state index in [2.05, 4.69) is 9.98 Å². The molecule has 21 heavy (non-hydrogen) atoms. The number of nitrogens with zero attached hydrogens (tertiary/aromatic N) is 4. The minimum atomic E-state index is -0.283. The number of hydrogen-bond donors (Lipinski definition) is 0. The molecule has 0 N–H and O–H groups in total. The average Bonchev–Trinajstić information content (AvgIpc) is 2.37. The predicted octanol–water partition coefficient (Wildman–Crippen LogP) is 2.31. The molecule has 0 amide bonds. The van der Waals surface area contributed by atoms with Crippen molar-refractivity contribution in [1.82, 2.24) is 14.1 Å². The van der Waals surface area contributed by atoms with Crippen LogP contribution >= 0.6 is 0 Å². The highest BCUT2D eigenvalue weighted by Crippen LogP contribution is 2.06. The lowest BCUT2D eigenvalue weighted by Gasteiger charge is -2.16. The summed E-state index contributed by atoms with van der Waals surface area (Å²) >= 11 is 0. The normalized spacial score (nSPS) is 13.0. The van der Waals surface area contributed by atoms with Crippen LogP contribution in [0.15, 0.2) is 46.4 Å². The molecule has 2 aromatic rings. The average molecular weight is 286 g/mol. The van der Waals surface area contributed by atoms with Crippen LogP contribution in [0.1, 0.15) is 40.7 Å². The van der Waals surface area contributed by atoms with Crippen molar-refractivity contribution in [2.45, 2.75) is 46.2 Å². The minimum Gasteiger partial charge on any atom is -0.259 e. The molecule has 1 heterocycles. The highest BCUT2D eigenvalue weighted by molar-refractivity contribution is 5.30. The second-order valence-electron chi connectivity index (χ2n) is 6.28. The van der Waals surface area contributed by atoms with Crippen molar-refractivity contribution in [2.24, 2.45) is 4.99 Å². The van der Waals surface area contributed by atoms with Gasteiger partial charge in [0.05, 0.1) is 11.2 Å². The van der Waals surface area contributed by atoms with Gasteiger partial charge in [0.25, 0.3) is 0 Å². The van der Waals surface area contributed by atoms with Crippen molar-refractivity contribution in [2.75, 3.05) is 0 Å². The largest absolute Gasteiger partial charge is 0.336 e. The Hall–Kier alpha value is -2.17. The lowest BCUT2D eigenvalue weighted by molar-refractivity contribution is 0.470. The molecule has 0 radical (unpaired) electrons. The van der Waals surface area contributed by atoms with Crippen LogP contribution in [0.4, 0.5) is 0 Å². The molecular formula is C16H22N4O. The Balaban J connectivity index is 2.74. The summed E-state index contributed by atoms with van der Waals surface area (Å²) in [5, 5.41) is 0. The maximum absolute atomic E-state index is 12.7. The fourth-order valence-electron chi connectivity index (χ4n) is 2.02. The van der Waals surface area contributed by atoms with Crippen molar-refractivity contribution in [3.63, 3.8) is 0 Å². The highest BCUT2D eigenvalue weighted by Gasteiger charge is 2.13. The van der Waals surface area contributed by atoms with E-state index >= 15 is 0 Å². The van der Waals surface area contributed by atoms with E-state index in [-0.39, 0.29) is 17.3 Å². The van der Waals surface area contributed by atoms with Gasteiger partial charge in [0.2, 0.25) is 5.62 Å². The Morgan fingerprint density at radius 1 is 1.14 bits per heavy atom. The van der Waals surface area contributed by atoms with E-state index in [0.29, 0.717) is 5.62 Å². The molecule has 0 bridgehead atoms. The molecule has 5 nitrogen and oxygen atoms in total. The van der Waals surface area contributed by atoms with Gasteiger partial charge in [-0.2, -0.15) is 0 Å². The van der Waals surface area contributed by atoms with Crippen LogP contribution in [0.25, 0.3) is 5.69 Å². The molecule has 2 rings (SSSR count). The lowest BCUT2D eigenvalue weighted by atomic mass is 10.1. The van der Waals surface area contributed by atoms with Gasteiger partial charge in [-0.15, -0.1) is 0 Å². The molecular weight excluding hydrogens is 264 g/mol. The molecule has 0 aliphatic heterocycles. The molecule has 0 saturated heterocycles. The van der Waals surface area contributed by atoms with Gasteiger partial charge in [0.15, 0.2) is 0 Å². The standard InChI is InChI=1S/C16H22N4O/c1-12(2)20-14(18-16(3,4)5)17-11-19(15(20)21)13-9-7-6-8-10-13/h6-12H,1-5H3. The second kappa shape index (κ2) is 5.68. The zero-order valence-corrected chi connectivity index (χ0v) is 13.2. The van der Waals surface area contributed by atoms with Crippen LogP contribution in [0.3, 0.4) is 0 Å². The van der Waals surface area contributed by atoms with Crippen LogP contribution in [0, 0.1) is 0 Å². The van der Waals surface area contributed by atoms with Crippen LogP contribution in [-0.2, 0) is 0 Å². The third-order valence-corrected chi connectivity index (χ3v) is 2.90. The Bertz CT molecular complexity index is 733.